The van der Waals surface area contributed by atoms with Crippen molar-refractivity contribution in [1.82, 2.24) is 4.98 Å². The van der Waals surface area contributed by atoms with E-state index in [0.717, 1.165) is 11.3 Å². The molecule has 0 saturated heterocycles. The third-order valence-corrected chi connectivity index (χ3v) is 6.13. The van der Waals surface area contributed by atoms with Gasteiger partial charge in [-0.25, -0.2) is 0 Å². The van der Waals surface area contributed by atoms with Gasteiger partial charge in [0.05, 0.1) is 5.69 Å². The van der Waals surface area contributed by atoms with E-state index < -0.39 is 0 Å². The molecule has 1 heterocycles. The highest BCUT2D eigenvalue weighted by molar-refractivity contribution is 6.21. The summed E-state index contributed by atoms with van der Waals surface area (Å²) in [6.07, 6.45) is 1.84. The Kier molecular flexibility index (Phi) is 4.51. The van der Waals surface area contributed by atoms with Gasteiger partial charge < -0.3 is 0 Å². The number of rotatable bonds is 3. The molecule has 0 bridgehead atoms. The van der Waals surface area contributed by atoms with Crippen molar-refractivity contribution in [2.24, 2.45) is 0 Å². The van der Waals surface area contributed by atoms with E-state index in [1.54, 1.807) is 0 Å². The van der Waals surface area contributed by atoms with Gasteiger partial charge in [0.15, 0.2) is 0 Å². The highest BCUT2D eigenvalue weighted by Crippen LogP contribution is 2.44. The number of hydrogen-bond donors (Lipinski definition) is 0. The van der Waals surface area contributed by atoms with Gasteiger partial charge in [-0.2, -0.15) is 0 Å². The summed E-state index contributed by atoms with van der Waals surface area (Å²) < 4.78 is 0. The van der Waals surface area contributed by atoms with Crippen LogP contribution in [0.5, 0.6) is 0 Å². The molecule has 0 aliphatic heterocycles. The van der Waals surface area contributed by atoms with Crippen molar-refractivity contribution in [2.75, 3.05) is 0 Å². The molecule has 150 valence electrons. The molecule has 0 N–H and O–H groups in total. The van der Waals surface area contributed by atoms with Crippen molar-refractivity contribution >= 4 is 21.5 Å². The van der Waals surface area contributed by atoms with Gasteiger partial charge in [0.2, 0.25) is 0 Å². The Labute approximate surface area is 187 Å². The molecule has 0 aliphatic rings. The van der Waals surface area contributed by atoms with Crippen molar-refractivity contribution in [2.45, 2.75) is 0 Å². The summed E-state index contributed by atoms with van der Waals surface area (Å²) in [6, 6.07) is 43.1. The summed E-state index contributed by atoms with van der Waals surface area (Å²) in [7, 11) is 0. The van der Waals surface area contributed by atoms with E-state index >= 15 is 0 Å². The van der Waals surface area contributed by atoms with Crippen LogP contribution in [0.15, 0.2) is 128 Å². The molecule has 0 spiro atoms. The van der Waals surface area contributed by atoms with Gasteiger partial charge in [0, 0.05) is 11.8 Å². The molecule has 1 nitrogen and oxygen atoms in total. The Hall–Kier alpha value is -4.23. The first-order valence-corrected chi connectivity index (χ1v) is 10.9. The van der Waals surface area contributed by atoms with Crippen molar-refractivity contribution in [3.8, 4) is 33.5 Å². The molecule has 6 rings (SSSR count). The molecule has 32 heavy (non-hydrogen) atoms. The van der Waals surface area contributed by atoms with Crippen LogP contribution in [0.1, 0.15) is 0 Å². The average molecular weight is 408 g/mol. The fourth-order valence-corrected chi connectivity index (χ4v) is 4.69. The van der Waals surface area contributed by atoms with Crippen LogP contribution in [-0.4, -0.2) is 4.98 Å². The van der Waals surface area contributed by atoms with E-state index in [9.17, 15) is 0 Å². The zero-order chi connectivity index (χ0) is 21.3. The second kappa shape index (κ2) is 7.79. The lowest BCUT2D eigenvalue weighted by Gasteiger charge is -2.18. The Morgan fingerprint density at radius 2 is 0.812 bits per heavy atom. The number of benzene rings is 5. The molecule has 1 heteroatoms. The molecule has 0 saturated carbocycles. The predicted molar refractivity (Wildman–Crippen MR) is 136 cm³/mol. The van der Waals surface area contributed by atoms with Crippen molar-refractivity contribution in [3.05, 3.63) is 128 Å². The first-order valence-electron chi connectivity index (χ1n) is 10.9. The molecule has 0 atom stereocenters. The minimum atomic E-state index is 0.991. The second-order valence-corrected chi connectivity index (χ2v) is 8.00. The third-order valence-electron chi connectivity index (χ3n) is 6.13. The molecular formula is C31H21N. The highest BCUT2D eigenvalue weighted by Gasteiger charge is 2.17. The van der Waals surface area contributed by atoms with E-state index in [1.165, 1.54) is 43.8 Å². The SMILES string of the molecule is c1ccc(-c2c(-c3ccc(-c4ccccn4)cc3)c3ccccc3c3ccccc23)cc1. The summed E-state index contributed by atoms with van der Waals surface area (Å²) in [5.41, 5.74) is 7.12. The van der Waals surface area contributed by atoms with Crippen molar-refractivity contribution in [3.63, 3.8) is 0 Å². The summed E-state index contributed by atoms with van der Waals surface area (Å²) in [6.45, 7) is 0. The monoisotopic (exact) mass is 407 g/mol. The van der Waals surface area contributed by atoms with Gasteiger partial charge in [0.25, 0.3) is 0 Å². The Bertz CT molecular complexity index is 1530. The first kappa shape index (κ1) is 18.5. The smallest absolute Gasteiger partial charge is 0.0701 e. The number of aromatic nitrogens is 1. The normalized spacial score (nSPS) is 11.1. The minimum Gasteiger partial charge on any atom is -0.256 e. The van der Waals surface area contributed by atoms with Crippen molar-refractivity contribution < 1.29 is 0 Å². The molecule has 0 fully saturated rings. The molecule has 0 radical (unpaired) electrons. The fraction of sp³-hybridized carbons (Fsp3) is 0. The van der Waals surface area contributed by atoms with Gasteiger partial charge in [-0.1, -0.05) is 109 Å². The lowest BCUT2D eigenvalue weighted by atomic mass is 9.85. The van der Waals surface area contributed by atoms with E-state index in [1.807, 2.05) is 18.3 Å². The lowest BCUT2D eigenvalue weighted by molar-refractivity contribution is 1.33. The molecule has 1 aromatic heterocycles. The van der Waals surface area contributed by atoms with Crippen LogP contribution in [0.3, 0.4) is 0 Å². The van der Waals surface area contributed by atoms with Crippen LogP contribution in [-0.2, 0) is 0 Å². The molecule has 5 aromatic carbocycles. The maximum Gasteiger partial charge on any atom is 0.0701 e. The van der Waals surface area contributed by atoms with Crippen LogP contribution in [0.2, 0.25) is 0 Å². The number of nitrogens with zero attached hydrogens (tertiary/aromatic N) is 1. The zero-order valence-corrected chi connectivity index (χ0v) is 17.6. The van der Waals surface area contributed by atoms with E-state index in [2.05, 4.69) is 114 Å². The van der Waals surface area contributed by atoms with Crippen LogP contribution in [0.4, 0.5) is 0 Å². The second-order valence-electron chi connectivity index (χ2n) is 8.00. The standard InChI is InChI=1S/C31H21N/c1-2-10-23(11-3-1)30-27-14-6-4-12-25(27)26-13-5-7-15-28(26)31(30)24-19-17-22(18-20-24)29-16-8-9-21-32-29/h1-21H. The van der Waals surface area contributed by atoms with E-state index in [4.69, 9.17) is 0 Å². The van der Waals surface area contributed by atoms with E-state index in [0.29, 0.717) is 0 Å². The molecule has 0 unspecified atom stereocenters. The summed E-state index contributed by atoms with van der Waals surface area (Å²) >= 11 is 0. The Balaban J connectivity index is 1.69. The lowest BCUT2D eigenvalue weighted by Crippen LogP contribution is -1.92. The minimum absolute atomic E-state index is 0.991. The first-order chi connectivity index (χ1) is 15.9. The van der Waals surface area contributed by atoms with Gasteiger partial charge in [-0.05, 0) is 55.9 Å². The van der Waals surface area contributed by atoms with Gasteiger partial charge in [0.1, 0.15) is 0 Å². The number of pyridine rings is 1. The Morgan fingerprint density at radius 1 is 0.344 bits per heavy atom. The van der Waals surface area contributed by atoms with Crippen LogP contribution < -0.4 is 0 Å². The maximum absolute atomic E-state index is 4.51. The average Bonchev–Trinajstić information content (AvgIpc) is 2.89. The summed E-state index contributed by atoms with van der Waals surface area (Å²) in [5, 5.41) is 5.12. The van der Waals surface area contributed by atoms with E-state index in [-0.39, 0.29) is 0 Å². The third kappa shape index (κ3) is 3.07. The summed E-state index contributed by atoms with van der Waals surface area (Å²) in [5.74, 6) is 0. The van der Waals surface area contributed by atoms with Crippen LogP contribution >= 0.6 is 0 Å². The summed E-state index contributed by atoms with van der Waals surface area (Å²) in [4.78, 5) is 4.51. The van der Waals surface area contributed by atoms with Crippen LogP contribution in [0.25, 0.3) is 55.1 Å². The number of fused-ring (bicyclic) bond motifs is 3. The molecular weight excluding hydrogens is 386 g/mol. The molecule has 0 amide bonds. The van der Waals surface area contributed by atoms with Gasteiger partial charge in [-0.15, -0.1) is 0 Å². The van der Waals surface area contributed by atoms with Crippen LogP contribution in [0, 0.1) is 0 Å². The molecule has 0 aliphatic carbocycles. The topological polar surface area (TPSA) is 12.9 Å². The maximum atomic E-state index is 4.51. The predicted octanol–water partition coefficient (Wildman–Crippen LogP) is 8.39. The van der Waals surface area contributed by atoms with Crippen molar-refractivity contribution in [1.29, 1.82) is 0 Å². The molecule has 6 aromatic rings. The van der Waals surface area contributed by atoms with Gasteiger partial charge in [-0.3, -0.25) is 4.98 Å². The number of hydrogen-bond acceptors (Lipinski definition) is 1. The zero-order valence-electron chi connectivity index (χ0n) is 17.6. The largest absolute Gasteiger partial charge is 0.256 e. The van der Waals surface area contributed by atoms with Gasteiger partial charge >= 0.3 is 0 Å². The Morgan fingerprint density at radius 3 is 1.38 bits per heavy atom. The quantitative estimate of drug-likeness (QED) is 0.268. The highest BCUT2D eigenvalue weighted by atomic mass is 14.7. The fourth-order valence-electron chi connectivity index (χ4n) is 4.69.